The Morgan fingerprint density at radius 1 is 1.06 bits per heavy atom. The molecule has 2 atom stereocenters. The summed E-state index contributed by atoms with van der Waals surface area (Å²) in [5.74, 6) is 0.122. The molecule has 108 valence electrons. The van der Waals surface area contributed by atoms with Crippen molar-refractivity contribution in [2.24, 2.45) is 10.8 Å². The highest BCUT2D eigenvalue weighted by Crippen LogP contribution is 2.48. The van der Waals surface area contributed by atoms with Crippen LogP contribution in [0.4, 0.5) is 0 Å². The maximum atomic E-state index is 11.6. The first-order valence-corrected chi connectivity index (χ1v) is 7.65. The Labute approximate surface area is 116 Å². The molecular weight excluding hydrogens is 241 g/mol. The van der Waals surface area contributed by atoms with Crippen LogP contribution in [0.5, 0.6) is 0 Å². The normalized spacial score (nSPS) is 16.2. The van der Waals surface area contributed by atoms with Gasteiger partial charge in [-0.05, 0) is 30.6 Å². The smallest absolute Gasteiger partial charge is 0.220 e. The predicted octanol–water partition coefficient (Wildman–Crippen LogP) is 4.35. The fourth-order valence-corrected chi connectivity index (χ4v) is 3.24. The minimum Gasteiger partial charge on any atom is -0.348 e. The summed E-state index contributed by atoms with van der Waals surface area (Å²) in [5.41, 5.74) is 0.455. The number of amides is 1. The van der Waals surface area contributed by atoms with E-state index in [0.29, 0.717) is 6.42 Å². The van der Waals surface area contributed by atoms with E-state index in [-0.39, 0.29) is 22.0 Å². The number of carbonyl (C=O) groups is 1. The Morgan fingerprint density at radius 2 is 1.56 bits per heavy atom. The zero-order chi connectivity index (χ0) is 14.6. The Balaban J connectivity index is 4.79. The molecule has 1 N–H and O–H groups in total. The second-order valence-electron chi connectivity index (χ2n) is 7.01. The van der Waals surface area contributed by atoms with Gasteiger partial charge < -0.3 is 5.32 Å². The molecule has 0 aromatic rings. The third-order valence-electron chi connectivity index (χ3n) is 4.26. The lowest BCUT2D eigenvalue weighted by atomic mass is 9.63. The maximum Gasteiger partial charge on any atom is 0.220 e. The van der Waals surface area contributed by atoms with Gasteiger partial charge >= 0.3 is 0 Å². The average molecular weight is 273 g/mol. The highest BCUT2D eigenvalue weighted by molar-refractivity contribution is 7.18. The van der Waals surface area contributed by atoms with Crippen molar-refractivity contribution < 1.29 is 4.79 Å². The van der Waals surface area contributed by atoms with Crippen molar-refractivity contribution in [1.29, 1.82) is 0 Å². The SMILES string of the molecule is CCCC(C)(C)C(C)(C)CC(C)(P)NC(=O)CC. The van der Waals surface area contributed by atoms with Gasteiger partial charge in [0.1, 0.15) is 0 Å². The third kappa shape index (κ3) is 5.26. The molecule has 0 heterocycles. The first-order valence-electron chi connectivity index (χ1n) is 7.07. The van der Waals surface area contributed by atoms with E-state index < -0.39 is 0 Å². The zero-order valence-electron chi connectivity index (χ0n) is 13.3. The maximum absolute atomic E-state index is 11.6. The molecule has 0 rings (SSSR count). The van der Waals surface area contributed by atoms with Gasteiger partial charge in [0.15, 0.2) is 0 Å². The number of nitrogens with one attached hydrogen (secondary N) is 1. The topological polar surface area (TPSA) is 29.1 Å². The average Bonchev–Trinajstić information content (AvgIpc) is 2.14. The van der Waals surface area contributed by atoms with Gasteiger partial charge in [0.05, 0.1) is 5.28 Å². The fraction of sp³-hybridized carbons (Fsp3) is 0.933. The van der Waals surface area contributed by atoms with Crippen LogP contribution >= 0.6 is 9.24 Å². The molecule has 0 saturated carbocycles. The highest BCUT2D eigenvalue weighted by Gasteiger charge is 2.40. The summed E-state index contributed by atoms with van der Waals surface area (Å²) in [4.78, 5) is 11.6. The molecule has 2 unspecified atom stereocenters. The Hall–Kier alpha value is -0.100. The van der Waals surface area contributed by atoms with Crippen molar-refractivity contribution in [3.05, 3.63) is 0 Å². The summed E-state index contributed by atoms with van der Waals surface area (Å²) in [7, 11) is 2.81. The lowest BCUT2D eigenvalue weighted by molar-refractivity contribution is -0.122. The molecule has 0 saturated heterocycles. The van der Waals surface area contributed by atoms with Crippen LogP contribution in [0, 0.1) is 10.8 Å². The van der Waals surface area contributed by atoms with Crippen molar-refractivity contribution in [1.82, 2.24) is 5.32 Å². The van der Waals surface area contributed by atoms with Gasteiger partial charge in [-0.1, -0.05) is 48.0 Å². The molecule has 0 bridgehead atoms. The number of rotatable bonds is 7. The Bertz CT molecular complexity index is 282. The molecule has 0 aromatic heterocycles. The molecule has 3 heteroatoms. The van der Waals surface area contributed by atoms with E-state index in [1.165, 1.54) is 12.8 Å². The minimum atomic E-state index is -0.221. The van der Waals surface area contributed by atoms with Crippen LogP contribution in [-0.2, 0) is 4.79 Å². The number of hydrogen-bond donors (Lipinski definition) is 1. The lowest BCUT2D eigenvalue weighted by Crippen LogP contribution is -2.47. The lowest BCUT2D eigenvalue weighted by Gasteiger charge is -2.46. The van der Waals surface area contributed by atoms with Crippen LogP contribution in [0.25, 0.3) is 0 Å². The van der Waals surface area contributed by atoms with Gasteiger partial charge in [-0.3, -0.25) is 4.79 Å². The standard InChI is InChI=1S/C15H32NOP/c1-8-10-13(3,4)14(5,6)11-15(7,18)16-12(17)9-2/h8-11,18H2,1-7H3,(H,16,17). The number of hydrogen-bond acceptors (Lipinski definition) is 1. The van der Waals surface area contributed by atoms with Gasteiger partial charge in [0.25, 0.3) is 0 Å². The summed E-state index contributed by atoms with van der Waals surface area (Å²) >= 11 is 0. The summed E-state index contributed by atoms with van der Waals surface area (Å²) in [6, 6.07) is 0. The van der Waals surface area contributed by atoms with Crippen molar-refractivity contribution in [2.45, 2.75) is 79.4 Å². The first-order chi connectivity index (χ1) is 7.97. The van der Waals surface area contributed by atoms with E-state index in [0.717, 1.165) is 6.42 Å². The monoisotopic (exact) mass is 273 g/mol. The van der Waals surface area contributed by atoms with Crippen molar-refractivity contribution in [2.75, 3.05) is 0 Å². The van der Waals surface area contributed by atoms with Crippen molar-refractivity contribution in [3.63, 3.8) is 0 Å². The second kappa shape index (κ2) is 6.37. The van der Waals surface area contributed by atoms with Crippen LogP contribution in [0.2, 0.25) is 0 Å². The molecule has 1 amide bonds. The Kier molecular flexibility index (Phi) is 6.33. The van der Waals surface area contributed by atoms with Gasteiger partial charge in [0.2, 0.25) is 5.91 Å². The quantitative estimate of drug-likeness (QED) is 0.687. The van der Waals surface area contributed by atoms with Crippen LogP contribution in [-0.4, -0.2) is 11.2 Å². The van der Waals surface area contributed by atoms with Crippen LogP contribution in [0.3, 0.4) is 0 Å². The minimum absolute atomic E-state index is 0.122. The van der Waals surface area contributed by atoms with Gasteiger partial charge in [-0.15, -0.1) is 9.24 Å². The first kappa shape index (κ1) is 17.9. The molecular formula is C15H32NOP. The Morgan fingerprint density at radius 3 is 1.94 bits per heavy atom. The van der Waals surface area contributed by atoms with Gasteiger partial charge in [0, 0.05) is 6.42 Å². The van der Waals surface area contributed by atoms with Gasteiger partial charge in [-0.25, -0.2) is 0 Å². The van der Waals surface area contributed by atoms with E-state index in [1.807, 2.05) is 6.92 Å². The summed E-state index contributed by atoms with van der Waals surface area (Å²) in [5, 5.41) is 2.88. The molecule has 0 aliphatic carbocycles. The van der Waals surface area contributed by atoms with Crippen molar-refractivity contribution in [3.8, 4) is 0 Å². The van der Waals surface area contributed by atoms with E-state index in [1.54, 1.807) is 0 Å². The fourth-order valence-electron chi connectivity index (χ4n) is 2.57. The highest BCUT2D eigenvalue weighted by atomic mass is 31.0. The summed E-state index contributed by atoms with van der Waals surface area (Å²) in [6.07, 6.45) is 3.92. The van der Waals surface area contributed by atoms with Crippen LogP contribution in [0.1, 0.15) is 74.1 Å². The van der Waals surface area contributed by atoms with E-state index in [9.17, 15) is 4.79 Å². The van der Waals surface area contributed by atoms with Crippen LogP contribution < -0.4 is 5.32 Å². The molecule has 0 spiro atoms. The largest absolute Gasteiger partial charge is 0.348 e. The molecule has 0 radical (unpaired) electrons. The van der Waals surface area contributed by atoms with E-state index >= 15 is 0 Å². The van der Waals surface area contributed by atoms with Crippen molar-refractivity contribution >= 4 is 15.1 Å². The van der Waals surface area contributed by atoms with Crippen LogP contribution in [0.15, 0.2) is 0 Å². The zero-order valence-corrected chi connectivity index (χ0v) is 14.5. The molecule has 18 heavy (non-hydrogen) atoms. The van der Waals surface area contributed by atoms with E-state index in [2.05, 4.69) is 56.1 Å². The second-order valence-corrected chi connectivity index (χ2v) is 8.29. The molecule has 0 aliphatic rings. The molecule has 2 nitrogen and oxygen atoms in total. The summed E-state index contributed by atoms with van der Waals surface area (Å²) < 4.78 is 0. The summed E-state index contributed by atoms with van der Waals surface area (Å²) in [6.45, 7) is 15.5. The van der Waals surface area contributed by atoms with Gasteiger partial charge in [-0.2, -0.15) is 0 Å². The molecule has 0 aromatic carbocycles. The molecule has 0 fully saturated rings. The molecule has 0 aliphatic heterocycles. The number of carbonyl (C=O) groups excluding carboxylic acids is 1. The van der Waals surface area contributed by atoms with E-state index in [4.69, 9.17) is 0 Å². The third-order valence-corrected chi connectivity index (χ3v) is 4.61. The predicted molar refractivity (Wildman–Crippen MR) is 83.6 cm³/mol.